The SMILES string of the molecule is CCOC(=O)Nc1cc(NCC(=NO)c2ccc(OC)c(OC)c2OC)c([N+](=O)[O-])c(N)n1. The Balaban J connectivity index is 2.41. The molecule has 0 radical (unpaired) electrons. The third-order valence-electron chi connectivity index (χ3n) is 4.29. The van der Waals surface area contributed by atoms with Crippen molar-refractivity contribution in [2.24, 2.45) is 5.16 Å². The van der Waals surface area contributed by atoms with Crippen LogP contribution in [0.4, 0.5) is 27.8 Å². The maximum atomic E-state index is 11.7. The molecule has 2 rings (SSSR count). The molecule has 1 amide bonds. The van der Waals surface area contributed by atoms with Crippen LogP contribution in [0.2, 0.25) is 0 Å². The number of anilines is 3. The summed E-state index contributed by atoms with van der Waals surface area (Å²) < 4.78 is 20.7. The minimum Gasteiger partial charge on any atom is -0.493 e. The predicted octanol–water partition coefficient (Wildman–Crippen LogP) is 2.46. The summed E-state index contributed by atoms with van der Waals surface area (Å²) in [5.41, 5.74) is 5.50. The number of hydrogen-bond donors (Lipinski definition) is 4. The van der Waals surface area contributed by atoms with Crippen LogP contribution in [0.15, 0.2) is 23.4 Å². The summed E-state index contributed by atoms with van der Waals surface area (Å²) in [5, 5.41) is 29.5. The lowest BCUT2D eigenvalue weighted by molar-refractivity contribution is -0.383. The van der Waals surface area contributed by atoms with Gasteiger partial charge < -0.3 is 35.2 Å². The van der Waals surface area contributed by atoms with Gasteiger partial charge in [-0.05, 0) is 19.1 Å². The van der Waals surface area contributed by atoms with Gasteiger partial charge in [0.15, 0.2) is 11.5 Å². The summed E-state index contributed by atoms with van der Waals surface area (Å²) in [6.45, 7) is 1.52. The lowest BCUT2D eigenvalue weighted by atomic mass is 10.1. The zero-order valence-electron chi connectivity index (χ0n) is 18.4. The van der Waals surface area contributed by atoms with Crippen molar-refractivity contribution in [3.8, 4) is 17.2 Å². The molecule has 1 heterocycles. The molecule has 1 aromatic heterocycles. The van der Waals surface area contributed by atoms with Gasteiger partial charge in [0.25, 0.3) is 0 Å². The number of oxime groups is 1. The number of carbonyl (C=O) groups excluding carboxylic acids is 1. The normalized spacial score (nSPS) is 10.8. The molecule has 0 saturated heterocycles. The van der Waals surface area contributed by atoms with Crippen LogP contribution >= 0.6 is 0 Å². The highest BCUT2D eigenvalue weighted by molar-refractivity contribution is 6.06. The van der Waals surface area contributed by atoms with E-state index in [1.165, 1.54) is 27.4 Å². The zero-order chi connectivity index (χ0) is 24.5. The molecular formula is C19H24N6O8. The van der Waals surface area contributed by atoms with Crippen molar-refractivity contribution in [2.45, 2.75) is 6.92 Å². The maximum absolute atomic E-state index is 11.7. The number of nitrogen functional groups attached to an aromatic ring is 1. The maximum Gasteiger partial charge on any atom is 0.412 e. The van der Waals surface area contributed by atoms with Gasteiger partial charge in [-0.3, -0.25) is 15.4 Å². The minimum absolute atomic E-state index is 0.0531. The molecule has 1 aromatic carbocycles. The second-order valence-electron chi connectivity index (χ2n) is 6.17. The van der Waals surface area contributed by atoms with E-state index in [-0.39, 0.29) is 41.9 Å². The van der Waals surface area contributed by atoms with E-state index in [4.69, 9.17) is 24.7 Å². The molecule has 0 atom stereocenters. The Bertz CT molecular complexity index is 1060. The molecule has 0 spiro atoms. The topological polar surface area (TPSA) is 193 Å². The number of amides is 1. The van der Waals surface area contributed by atoms with E-state index >= 15 is 0 Å². The second kappa shape index (κ2) is 11.2. The van der Waals surface area contributed by atoms with Crippen molar-refractivity contribution in [3.05, 3.63) is 33.9 Å². The van der Waals surface area contributed by atoms with E-state index in [9.17, 15) is 20.1 Å². The van der Waals surface area contributed by atoms with Gasteiger partial charge in [0.1, 0.15) is 17.2 Å². The third kappa shape index (κ3) is 5.61. The van der Waals surface area contributed by atoms with Gasteiger partial charge >= 0.3 is 11.8 Å². The first-order chi connectivity index (χ1) is 15.8. The fraction of sp³-hybridized carbons (Fsp3) is 0.316. The average Bonchev–Trinajstić information content (AvgIpc) is 2.78. The molecule has 0 unspecified atom stereocenters. The number of rotatable bonds is 10. The van der Waals surface area contributed by atoms with Crippen molar-refractivity contribution in [2.75, 3.05) is 50.8 Å². The molecule has 0 aliphatic rings. The smallest absolute Gasteiger partial charge is 0.412 e. The van der Waals surface area contributed by atoms with E-state index < -0.39 is 22.5 Å². The summed E-state index contributed by atoms with van der Waals surface area (Å²) in [7, 11) is 4.26. The van der Waals surface area contributed by atoms with Gasteiger partial charge in [0.05, 0.1) is 39.4 Å². The fourth-order valence-corrected chi connectivity index (χ4v) is 2.91. The van der Waals surface area contributed by atoms with E-state index in [0.717, 1.165) is 0 Å². The Morgan fingerprint density at radius 3 is 2.48 bits per heavy atom. The average molecular weight is 464 g/mol. The first-order valence-electron chi connectivity index (χ1n) is 9.43. The highest BCUT2D eigenvalue weighted by Crippen LogP contribution is 2.40. The summed E-state index contributed by atoms with van der Waals surface area (Å²) >= 11 is 0. The number of carbonyl (C=O) groups is 1. The second-order valence-corrected chi connectivity index (χ2v) is 6.17. The molecule has 14 nitrogen and oxygen atoms in total. The Kier molecular flexibility index (Phi) is 8.42. The summed E-state index contributed by atoms with van der Waals surface area (Å²) in [6, 6.07) is 4.35. The van der Waals surface area contributed by atoms with E-state index in [1.54, 1.807) is 19.1 Å². The van der Waals surface area contributed by atoms with Gasteiger partial charge in [-0.25, -0.2) is 9.78 Å². The number of aromatic nitrogens is 1. The van der Waals surface area contributed by atoms with Crippen LogP contribution < -0.4 is 30.6 Å². The van der Waals surface area contributed by atoms with E-state index in [1.807, 2.05) is 0 Å². The van der Waals surface area contributed by atoms with Crippen molar-refractivity contribution in [1.82, 2.24) is 4.98 Å². The monoisotopic (exact) mass is 464 g/mol. The number of nitrogens with one attached hydrogen (secondary N) is 2. The molecule has 0 bridgehead atoms. The fourth-order valence-electron chi connectivity index (χ4n) is 2.91. The summed E-state index contributed by atoms with van der Waals surface area (Å²) in [4.78, 5) is 26.3. The van der Waals surface area contributed by atoms with Crippen molar-refractivity contribution < 1.29 is 33.9 Å². The molecule has 2 aromatic rings. The van der Waals surface area contributed by atoms with Crippen LogP contribution in [0.3, 0.4) is 0 Å². The number of hydrogen-bond acceptors (Lipinski definition) is 12. The number of methoxy groups -OCH3 is 3. The Hall–Kier alpha value is -4.49. The standard InChI is InChI=1S/C19H24N6O8/c1-5-33-19(26)23-14-8-11(15(25(28)29)18(20)22-14)21-9-12(24-27)10-6-7-13(30-2)17(32-4)16(10)31-3/h6-8,27H,5,9H2,1-4H3,(H4,20,21,22,23,26). The minimum atomic E-state index is -0.808. The van der Waals surface area contributed by atoms with Crippen LogP contribution in [-0.4, -0.2) is 61.4 Å². The molecule has 178 valence electrons. The zero-order valence-corrected chi connectivity index (χ0v) is 18.4. The van der Waals surface area contributed by atoms with Crippen LogP contribution in [-0.2, 0) is 4.74 Å². The molecule has 0 aliphatic heterocycles. The van der Waals surface area contributed by atoms with Gasteiger partial charge in [-0.2, -0.15) is 0 Å². The van der Waals surface area contributed by atoms with Crippen LogP contribution in [0.1, 0.15) is 12.5 Å². The Labute approximate surface area is 188 Å². The number of pyridine rings is 1. The van der Waals surface area contributed by atoms with Crippen molar-refractivity contribution in [3.63, 3.8) is 0 Å². The highest BCUT2D eigenvalue weighted by atomic mass is 16.6. The van der Waals surface area contributed by atoms with Crippen LogP contribution in [0, 0.1) is 10.1 Å². The number of nitrogens with two attached hydrogens (primary N) is 1. The van der Waals surface area contributed by atoms with Gasteiger partial charge in [-0.1, -0.05) is 5.16 Å². The lowest BCUT2D eigenvalue weighted by Crippen LogP contribution is -2.19. The lowest BCUT2D eigenvalue weighted by Gasteiger charge is -2.17. The molecule has 0 fully saturated rings. The molecule has 14 heteroatoms. The number of ether oxygens (including phenoxy) is 4. The number of nitrogens with zero attached hydrogens (tertiary/aromatic N) is 3. The number of benzene rings is 1. The number of nitro groups is 1. The molecule has 0 saturated carbocycles. The molecular weight excluding hydrogens is 440 g/mol. The summed E-state index contributed by atoms with van der Waals surface area (Å²) in [5.74, 6) is 0.349. The highest BCUT2D eigenvalue weighted by Gasteiger charge is 2.24. The largest absolute Gasteiger partial charge is 0.493 e. The van der Waals surface area contributed by atoms with Gasteiger partial charge in [0.2, 0.25) is 11.6 Å². The Morgan fingerprint density at radius 1 is 1.24 bits per heavy atom. The van der Waals surface area contributed by atoms with Gasteiger partial charge in [-0.15, -0.1) is 0 Å². The molecule has 5 N–H and O–H groups in total. The first-order valence-corrected chi connectivity index (χ1v) is 9.43. The van der Waals surface area contributed by atoms with Crippen molar-refractivity contribution in [1.29, 1.82) is 0 Å². The summed E-state index contributed by atoms with van der Waals surface area (Å²) in [6.07, 6.45) is -0.808. The Morgan fingerprint density at radius 2 is 1.94 bits per heavy atom. The van der Waals surface area contributed by atoms with Crippen LogP contribution in [0.5, 0.6) is 17.2 Å². The molecule has 33 heavy (non-hydrogen) atoms. The van der Waals surface area contributed by atoms with E-state index in [2.05, 4.69) is 20.8 Å². The molecule has 0 aliphatic carbocycles. The quantitative estimate of drug-likeness (QED) is 0.175. The predicted molar refractivity (Wildman–Crippen MR) is 119 cm³/mol. The van der Waals surface area contributed by atoms with E-state index in [0.29, 0.717) is 11.3 Å². The third-order valence-corrected chi connectivity index (χ3v) is 4.29. The van der Waals surface area contributed by atoms with Crippen molar-refractivity contribution >= 4 is 34.8 Å². The van der Waals surface area contributed by atoms with Crippen LogP contribution in [0.25, 0.3) is 0 Å². The first kappa shape index (κ1) is 24.8. The van der Waals surface area contributed by atoms with Gasteiger partial charge in [0, 0.05) is 11.6 Å².